The molecule has 0 saturated carbocycles. The smallest absolute Gasteiger partial charge is 0.175 e. The number of nitrogens with zero attached hydrogens (tertiary/aromatic N) is 2. The number of oxime groups is 1. The number of rotatable bonds is 7. The summed E-state index contributed by atoms with van der Waals surface area (Å²) < 4.78 is 23.7. The molecule has 0 saturated heterocycles. The first-order valence-corrected chi connectivity index (χ1v) is 12.8. The third-order valence-corrected chi connectivity index (χ3v) is 7.13. The fraction of sp³-hybridized carbons (Fsp3) is 0.143. The topological polar surface area (TPSA) is 79.6 Å². The van der Waals surface area contributed by atoms with E-state index in [2.05, 4.69) is 41.3 Å². The Morgan fingerprint density at radius 1 is 0.912 bits per heavy atom. The lowest BCUT2D eigenvalue weighted by molar-refractivity contribution is 0.317. The Hall–Kier alpha value is -3.77. The summed E-state index contributed by atoms with van der Waals surface area (Å²) in [5.74, 6) is -0.0458. The van der Waals surface area contributed by atoms with E-state index in [1.54, 1.807) is 24.5 Å². The minimum Gasteiger partial charge on any atom is -0.411 e. The van der Waals surface area contributed by atoms with Gasteiger partial charge in [-0.2, -0.15) is 0 Å². The standard InChI is InChI=1S/C28H26N2O3S/c1-20-6-3-4-9-26(20)27(19-28(30-31)22-14-16-29-17-15-22)24-8-5-7-23(18-24)21-10-12-25(13-11-21)34(2,32)33/h3-18,27,31H,19H2,1-2H3/b30-28-. The number of sulfone groups is 1. The number of hydrogen-bond acceptors (Lipinski definition) is 5. The first-order chi connectivity index (χ1) is 16.4. The monoisotopic (exact) mass is 470 g/mol. The van der Waals surface area contributed by atoms with Crippen LogP contribution in [0, 0.1) is 6.92 Å². The number of hydrogen-bond donors (Lipinski definition) is 1. The van der Waals surface area contributed by atoms with Gasteiger partial charge in [0.25, 0.3) is 0 Å². The molecule has 1 heterocycles. The van der Waals surface area contributed by atoms with E-state index in [0.29, 0.717) is 17.0 Å². The van der Waals surface area contributed by atoms with Crippen LogP contribution < -0.4 is 0 Å². The van der Waals surface area contributed by atoms with Crippen molar-refractivity contribution in [1.29, 1.82) is 0 Å². The Bertz CT molecular complexity index is 1410. The van der Waals surface area contributed by atoms with Crippen LogP contribution in [0.2, 0.25) is 0 Å². The summed E-state index contributed by atoms with van der Waals surface area (Å²) in [5, 5.41) is 13.5. The summed E-state index contributed by atoms with van der Waals surface area (Å²) in [6.07, 6.45) is 5.08. The van der Waals surface area contributed by atoms with Gasteiger partial charge in [-0.15, -0.1) is 0 Å². The van der Waals surface area contributed by atoms with E-state index in [4.69, 9.17) is 0 Å². The molecular formula is C28H26N2O3S. The van der Waals surface area contributed by atoms with Gasteiger partial charge in [0.15, 0.2) is 9.84 Å². The number of pyridine rings is 1. The van der Waals surface area contributed by atoms with E-state index >= 15 is 0 Å². The van der Waals surface area contributed by atoms with Gasteiger partial charge >= 0.3 is 0 Å². The Morgan fingerprint density at radius 3 is 2.26 bits per heavy atom. The maximum atomic E-state index is 11.8. The van der Waals surface area contributed by atoms with Gasteiger partial charge in [-0.25, -0.2) is 8.42 Å². The molecule has 1 atom stereocenters. The normalized spacial score (nSPS) is 12.9. The average Bonchev–Trinajstić information content (AvgIpc) is 2.86. The van der Waals surface area contributed by atoms with Crippen molar-refractivity contribution in [3.63, 3.8) is 0 Å². The second-order valence-electron chi connectivity index (χ2n) is 8.32. The van der Waals surface area contributed by atoms with Crippen LogP contribution in [0.5, 0.6) is 0 Å². The van der Waals surface area contributed by atoms with Crippen molar-refractivity contribution >= 4 is 15.5 Å². The second-order valence-corrected chi connectivity index (χ2v) is 10.3. The Kier molecular flexibility index (Phi) is 6.89. The first kappa shape index (κ1) is 23.4. The van der Waals surface area contributed by atoms with Crippen LogP contribution in [0.1, 0.15) is 34.6 Å². The van der Waals surface area contributed by atoms with E-state index in [-0.39, 0.29) is 5.92 Å². The molecule has 1 N–H and O–H groups in total. The highest BCUT2D eigenvalue weighted by Crippen LogP contribution is 2.34. The van der Waals surface area contributed by atoms with Gasteiger partial charge in [-0.05, 0) is 59.0 Å². The highest BCUT2D eigenvalue weighted by atomic mass is 32.2. The lowest BCUT2D eigenvalue weighted by Crippen LogP contribution is -2.12. The SMILES string of the molecule is Cc1ccccc1C(C/C(=N/O)c1ccncc1)c1cccc(-c2ccc(S(C)(=O)=O)cc2)c1. The largest absolute Gasteiger partial charge is 0.411 e. The molecule has 0 fully saturated rings. The van der Waals surface area contributed by atoms with Crippen LogP contribution >= 0.6 is 0 Å². The zero-order valence-electron chi connectivity index (χ0n) is 19.1. The Morgan fingerprint density at radius 2 is 1.62 bits per heavy atom. The van der Waals surface area contributed by atoms with Crippen LogP contribution in [-0.2, 0) is 9.84 Å². The molecular weight excluding hydrogens is 444 g/mol. The first-order valence-electron chi connectivity index (χ1n) is 10.9. The number of benzene rings is 3. The molecule has 4 rings (SSSR count). The fourth-order valence-corrected chi connectivity index (χ4v) is 4.80. The van der Waals surface area contributed by atoms with Crippen molar-refractivity contribution in [2.45, 2.75) is 24.2 Å². The average molecular weight is 471 g/mol. The highest BCUT2D eigenvalue weighted by molar-refractivity contribution is 7.90. The van der Waals surface area contributed by atoms with Crippen LogP contribution in [0.4, 0.5) is 0 Å². The van der Waals surface area contributed by atoms with Gasteiger partial charge in [0.05, 0.1) is 10.6 Å². The summed E-state index contributed by atoms with van der Waals surface area (Å²) in [7, 11) is -3.25. The summed E-state index contributed by atoms with van der Waals surface area (Å²) >= 11 is 0. The van der Waals surface area contributed by atoms with Crippen LogP contribution in [-0.4, -0.2) is 30.6 Å². The van der Waals surface area contributed by atoms with Gasteiger partial charge in [0.1, 0.15) is 0 Å². The van der Waals surface area contributed by atoms with Gasteiger partial charge < -0.3 is 5.21 Å². The minimum absolute atomic E-state index is 0.0458. The lowest BCUT2D eigenvalue weighted by atomic mass is 9.82. The van der Waals surface area contributed by atoms with Crippen LogP contribution in [0.15, 0.2) is 107 Å². The molecule has 0 aliphatic carbocycles. The second kappa shape index (κ2) is 10.0. The predicted octanol–water partition coefficient (Wildman–Crippen LogP) is 5.86. The van der Waals surface area contributed by atoms with Gasteiger partial charge in [0, 0.05) is 36.6 Å². The molecule has 1 unspecified atom stereocenters. The molecule has 0 bridgehead atoms. The van der Waals surface area contributed by atoms with E-state index in [1.165, 1.54) is 6.26 Å². The molecule has 5 nitrogen and oxygen atoms in total. The third kappa shape index (κ3) is 5.24. The summed E-state index contributed by atoms with van der Waals surface area (Å²) in [6, 6.07) is 27.0. The van der Waals surface area contributed by atoms with Crippen molar-refractivity contribution < 1.29 is 13.6 Å². The molecule has 172 valence electrons. The molecule has 0 spiro atoms. The third-order valence-electron chi connectivity index (χ3n) is 6.00. The summed E-state index contributed by atoms with van der Waals surface area (Å²) in [4.78, 5) is 4.36. The molecule has 0 radical (unpaired) electrons. The van der Waals surface area contributed by atoms with Crippen LogP contribution in [0.25, 0.3) is 11.1 Å². The molecule has 1 aromatic heterocycles. The summed E-state index contributed by atoms with van der Waals surface area (Å²) in [5.41, 5.74) is 6.71. The van der Waals surface area contributed by atoms with Crippen molar-refractivity contribution in [3.8, 4) is 11.1 Å². The molecule has 3 aromatic carbocycles. The number of aromatic nitrogens is 1. The van der Waals surface area contributed by atoms with Crippen molar-refractivity contribution in [2.24, 2.45) is 5.16 Å². The molecule has 0 aliphatic rings. The predicted molar refractivity (Wildman–Crippen MR) is 135 cm³/mol. The highest BCUT2D eigenvalue weighted by Gasteiger charge is 2.21. The minimum atomic E-state index is -3.25. The Balaban J connectivity index is 1.76. The lowest BCUT2D eigenvalue weighted by Gasteiger charge is -2.21. The molecule has 0 amide bonds. The maximum Gasteiger partial charge on any atom is 0.175 e. The van der Waals surface area contributed by atoms with Crippen molar-refractivity contribution in [1.82, 2.24) is 4.98 Å². The molecule has 4 aromatic rings. The van der Waals surface area contributed by atoms with E-state index in [0.717, 1.165) is 33.4 Å². The Labute approximate surface area is 200 Å². The van der Waals surface area contributed by atoms with Crippen molar-refractivity contribution in [3.05, 3.63) is 120 Å². The van der Waals surface area contributed by atoms with E-state index in [1.807, 2.05) is 48.5 Å². The van der Waals surface area contributed by atoms with E-state index < -0.39 is 9.84 Å². The van der Waals surface area contributed by atoms with Gasteiger partial charge in [-0.1, -0.05) is 65.8 Å². The maximum absolute atomic E-state index is 11.8. The molecule has 6 heteroatoms. The zero-order valence-corrected chi connectivity index (χ0v) is 19.9. The van der Waals surface area contributed by atoms with Crippen LogP contribution in [0.3, 0.4) is 0 Å². The molecule has 34 heavy (non-hydrogen) atoms. The van der Waals surface area contributed by atoms with Gasteiger partial charge in [0.2, 0.25) is 0 Å². The quantitative estimate of drug-likeness (QED) is 0.208. The van der Waals surface area contributed by atoms with Crippen molar-refractivity contribution in [2.75, 3.05) is 6.26 Å². The van der Waals surface area contributed by atoms with Gasteiger partial charge in [-0.3, -0.25) is 4.98 Å². The fourth-order valence-electron chi connectivity index (χ4n) is 4.17. The zero-order chi connectivity index (χ0) is 24.1. The molecule has 0 aliphatic heterocycles. The van der Waals surface area contributed by atoms with E-state index in [9.17, 15) is 13.6 Å². The summed E-state index contributed by atoms with van der Waals surface area (Å²) in [6.45, 7) is 2.08. The number of aryl methyl sites for hydroxylation is 1.